The monoisotopic (exact) mass is 422 g/mol. The van der Waals surface area contributed by atoms with Gasteiger partial charge in [0.25, 0.3) is 0 Å². The van der Waals surface area contributed by atoms with E-state index in [0.717, 1.165) is 12.3 Å². The minimum absolute atomic E-state index is 0.129. The number of hydrogen-bond acceptors (Lipinski definition) is 6. The number of halogens is 3. The van der Waals surface area contributed by atoms with E-state index >= 15 is 0 Å². The molecule has 30 heavy (non-hydrogen) atoms. The number of methoxy groups -OCH3 is 1. The maximum absolute atomic E-state index is 12.7. The van der Waals surface area contributed by atoms with E-state index in [-0.39, 0.29) is 18.0 Å². The van der Waals surface area contributed by atoms with Gasteiger partial charge in [-0.25, -0.2) is 9.78 Å². The zero-order valence-electron chi connectivity index (χ0n) is 16.3. The number of benzene rings is 1. The van der Waals surface area contributed by atoms with Crippen LogP contribution in [0.4, 0.5) is 24.7 Å². The van der Waals surface area contributed by atoms with Gasteiger partial charge in [0, 0.05) is 32.4 Å². The number of nitrogens with zero attached hydrogens (tertiary/aromatic N) is 3. The molecule has 3 rings (SSSR count). The van der Waals surface area contributed by atoms with Crippen LogP contribution in [-0.4, -0.2) is 61.6 Å². The van der Waals surface area contributed by atoms with Gasteiger partial charge in [-0.05, 0) is 24.3 Å². The lowest BCUT2D eigenvalue weighted by atomic mass is 10.2. The Bertz CT molecular complexity index is 895. The Morgan fingerprint density at radius 3 is 2.40 bits per heavy atom. The molecular formula is C20H21F3N4O3. The van der Waals surface area contributed by atoms with Gasteiger partial charge >= 0.3 is 12.1 Å². The maximum Gasteiger partial charge on any atom is 0.417 e. The molecule has 0 aliphatic carbocycles. The molecule has 10 heteroatoms. The van der Waals surface area contributed by atoms with Gasteiger partial charge < -0.3 is 15.0 Å². The third-order valence-corrected chi connectivity index (χ3v) is 4.75. The first kappa shape index (κ1) is 21.6. The Hall–Kier alpha value is -3.14. The highest BCUT2D eigenvalue weighted by Crippen LogP contribution is 2.29. The topological polar surface area (TPSA) is 74.8 Å². The number of para-hydroxylation sites is 1. The smallest absolute Gasteiger partial charge is 0.417 e. The molecule has 1 aromatic heterocycles. The fourth-order valence-corrected chi connectivity index (χ4v) is 3.15. The van der Waals surface area contributed by atoms with Crippen molar-refractivity contribution in [1.82, 2.24) is 9.88 Å². The van der Waals surface area contributed by atoms with Gasteiger partial charge in [0.05, 0.1) is 30.5 Å². The number of alkyl halides is 3. The number of carbonyl (C=O) groups is 2. The minimum atomic E-state index is -4.41. The summed E-state index contributed by atoms with van der Waals surface area (Å²) in [5, 5.41) is 2.72. The fourth-order valence-electron chi connectivity index (χ4n) is 3.15. The molecule has 1 amide bonds. The lowest BCUT2D eigenvalue weighted by Crippen LogP contribution is -2.49. The van der Waals surface area contributed by atoms with E-state index in [1.54, 1.807) is 24.3 Å². The Morgan fingerprint density at radius 1 is 1.10 bits per heavy atom. The summed E-state index contributed by atoms with van der Waals surface area (Å²) in [7, 11) is 1.27. The lowest BCUT2D eigenvalue weighted by Gasteiger charge is -2.35. The van der Waals surface area contributed by atoms with Crippen molar-refractivity contribution in [2.75, 3.05) is 50.1 Å². The summed E-state index contributed by atoms with van der Waals surface area (Å²) in [5.74, 6) is -0.338. The highest BCUT2D eigenvalue weighted by molar-refractivity contribution is 6.01. The van der Waals surface area contributed by atoms with Crippen molar-refractivity contribution in [2.45, 2.75) is 6.18 Å². The molecule has 0 unspecified atom stereocenters. The second kappa shape index (κ2) is 9.12. The first-order valence-electron chi connectivity index (χ1n) is 9.25. The number of rotatable bonds is 5. The van der Waals surface area contributed by atoms with E-state index in [2.05, 4.69) is 10.3 Å². The van der Waals surface area contributed by atoms with Crippen molar-refractivity contribution in [1.29, 1.82) is 0 Å². The molecule has 0 spiro atoms. The predicted molar refractivity (Wildman–Crippen MR) is 104 cm³/mol. The van der Waals surface area contributed by atoms with Crippen LogP contribution in [0.2, 0.25) is 0 Å². The molecule has 1 N–H and O–H groups in total. The first-order chi connectivity index (χ1) is 14.3. The van der Waals surface area contributed by atoms with Crippen LogP contribution >= 0.6 is 0 Å². The fraction of sp³-hybridized carbons (Fsp3) is 0.350. The number of piperazine rings is 1. The molecule has 0 atom stereocenters. The number of ether oxygens (including phenoxy) is 1. The van der Waals surface area contributed by atoms with E-state index < -0.39 is 17.7 Å². The number of esters is 1. The molecule has 1 fully saturated rings. The van der Waals surface area contributed by atoms with Gasteiger partial charge in [0.1, 0.15) is 5.82 Å². The average Bonchev–Trinajstić information content (AvgIpc) is 2.73. The Balaban J connectivity index is 1.53. The summed E-state index contributed by atoms with van der Waals surface area (Å²) in [4.78, 5) is 31.9. The Kier molecular flexibility index (Phi) is 6.56. The summed E-state index contributed by atoms with van der Waals surface area (Å²) in [6.45, 7) is 2.29. The van der Waals surface area contributed by atoms with Gasteiger partial charge in [0.2, 0.25) is 5.91 Å². The Morgan fingerprint density at radius 2 is 1.80 bits per heavy atom. The summed E-state index contributed by atoms with van der Waals surface area (Å²) in [5.41, 5.74) is -0.137. The molecule has 0 saturated carbocycles. The number of nitrogens with one attached hydrogen (secondary N) is 1. The van der Waals surface area contributed by atoms with E-state index in [1.165, 1.54) is 13.2 Å². The zero-order chi connectivity index (χ0) is 21.7. The van der Waals surface area contributed by atoms with Gasteiger partial charge in [-0.2, -0.15) is 13.2 Å². The van der Waals surface area contributed by atoms with E-state index in [4.69, 9.17) is 4.74 Å². The lowest BCUT2D eigenvalue weighted by molar-refractivity contribution is -0.137. The zero-order valence-corrected chi connectivity index (χ0v) is 16.3. The molecular weight excluding hydrogens is 401 g/mol. The normalized spacial score (nSPS) is 15.0. The van der Waals surface area contributed by atoms with Crippen LogP contribution in [-0.2, 0) is 15.7 Å². The maximum atomic E-state index is 12.7. The molecule has 0 bridgehead atoms. The quantitative estimate of drug-likeness (QED) is 0.747. The minimum Gasteiger partial charge on any atom is -0.465 e. The summed E-state index contributed by atoms with van der Waals surface area (Å²) < 4.78 is 42.7. The van der Waals surface area contributed by atoms with Crippen LogP contribution in [0.25, 0.3) is 0 Å². The number of amides is 1. The third kappa shape index (κ3) is 5.26. The summed E-state index contributed by atoms with van der Waals surface area (Å²) in [6, 6.07) is 8.94. The third-order valence-electron chi connectivity index (χ3n) is 4.75. The van der Waals surface area contributed by atoms with Gasteiger partial charge in [-0.3, -0.25) is 9.69 Å². The molecule has 1 aliphatic heterocycles. The largest absolute Gasteiger partial charge is 0.465 e. The van der Waals surface area contributed by atoms with Crippen molar-refractivity contribution in [3.05, 3.63) is 53.7 Å². The van der Waals surface area contributed by atoms with E-state index in [1.807, 2.05) is 9.80 Å². The molecule has 0 radical (unpaired) electrons. The van der Waals surface area contributed by atoms with E-state index in [0.29, 0.717) is 37.7 Å². The summed E-state index contributed by atoms with van der Waals surface area (Å²) >= 11 is 0. The van der Waals surface area contributed by atoms with Crippen LogP contribution in [0.5, 0.6) is 0 Å². The van der Waals surface area contributed by atoms with Crippen LogP contribution in [0.1, 0.15) is 15.9 Å². The number of pyridine rings is 1. The molecule has 1 aliphatic rings. The number of anilines is 2. The second-order valence-corrected chi connectivity index (χ2v) is 6.75. The van der Waals surface area contributed by atoms with Crippen LogP contribution < -0.4 is 10.2 Å². The number of aromatic nitrogens is 1. The average molecular weight is 422 g/mol. The van der Waals surface area contributed by atoms with Crippen molar-refractivity contribution in [3.63, 3.8) is 0 Å². The second-order valence-electron chi connectivity index (χ2n) is 6.75. The summed E-state index contributed by atoms with van der Waals surface area (Å²) in [6.07, 6.45) is -3.59. The molecule has 7 nitrogen and oxygen atoms in total. The van der Waals surface area contributed by atoms with Crippen LogP contribution in [0, 0.1) is 0 Å². The SMILES string of the molecule is COC(=O)c1ccccc1NC(=O)CN1CCN(c2ccc(C(F)(F)F)cn2)CC1. The van der Waals surface area contributed by atoms with Gasteiger partial charge in [0.15, 0.2) is 0 Å². The molecule has 160 valence electrons. The first-order valence-corrected chi connectivity index (χ1v) is 9.25. The van der Waals surface area contributed by atoms with Crippen molar-refractivity contribution < 1.29 is 27.5 Å². The molecule has 1 aromatic carbocycles. The van der Waals surface area contributed by atoms with E-state index in [9.17, 15) is 22.8 Å². The van der Waals surface area contributed by atoms with Crippen LogP contribution in [0.3, 0.4) is 0 Å². The van der Waals surface area contributed by atoms with Gasteiger partial charge in [-0.1, -0.05) is 12.1 Å². The van der Waals surface area contributed by atoms with Crippen LogP contribution in [0.15, 0.2) is 42.6 Å². The van der Waals surface area contributed by atoms with Gasteiger partial charge in [-0.15, -0.1) is 0 Å². The van der Waals surface area contributed by atoms with Crippen molar-refractivity contribution >= 4 is 23.4 Å². The standard InChI is InChI=1S/C20H21F3N4O3/c1-30-19(29)15-4-2-3-5-16(15)25-18(28)13-26-8-10-27(11-9-26)17-7-6-14(12-24-17)20(21,22)23/h2-7,12H,8-11,13H2,1H3,(H,25,28). The Labute approximate surface area is 171 Å². The van der Waals surface area contributed by atoms with Crippen molar-refractivity contribution in [3.8, 4) is 0 Å². The number of hydrogen-bond donors (Lipinski definition) is 1. The molecule has 2 aromatic rings. The van der Waals surface area contributed by atoms with Crippen molar-refractivity contribution in [2.24, 2.45) is 0 Å². The predicted octanol–water partition coefficient (Wildman–Crippen LogP) is 2.65. The molecule has 2 heterocycles. The molecule has 1 saturated heterocycles. The highest BCUT2D eigenvalue weighted by Gasteiger charge is 2.31. The highest BCUT2D eigenvalue weighted by atomic mass is 19.4. The number of carbonyl (C=O) groups excluding carboxylic acids is 2.